The number of nitrogens with one attached hydrogen (secondary N) is 1. The molecule has 0 bridgehead atoms. The molecule has 0 saturated carbocycles. The summed E-state index contributed by atoms with van der Waals surface area (Å²) >= 11 is 0. The Morgan fingerprint density at radius 3 is 2.08 bits per heavy atom. The van der Waals surface area contributed by atoms with Gasteiger partial charge in [0, 0.05) is 6.42 Å². The molecule has 7 heteroatoms. The first-order valence-electron chi connectivity index (χ1n) is 7.56. The van der Waals surface area contributed by atoms with Crippen LogP contribution in [-0.2, 0) is 22.4 Å². The smallest absolute Gasteiger partial charge is 0.326 e. The number of carbonyl (C=O) groups is 2. The van der Waals surface area contributed by atoms with Crippen LogP contribution in [0.1, 0.15) is 11.1 Å². The standard InChI is InChI=1S/C18H20N2O4.H2O/c19-15(10-13-6-8-14(21)9-7-13)17(22)20-16(18(23)24)11-12-4-2-1-3-5-12;/h1-9,15-16,21H,10-11,19H2,(H,20,22)(H,23,24);1H2/t15-,16-;/m0./s1. The normalized spacial score (nSPS) is 12.5. The molecule has 0 aromatic heterocycles. The molecule has 0 radical (unpaired) electrons. The minimum atomic E-state index is -1.11. The topological polar surface area (TPSA) is 144 Å². The van der Waals surface area contributed by atoms with Crippen LogP contribution in [0.15, 0.2) is 54.6 Å². The Kier molecular flexibility index (Phi) is 7.58. The number of benzene rings is 2. The molecular formula is C18H22N2O5. The number of carboxylic acid groups (broad SMARTS) is 1. The van der Waals surface area contributed by atoms with Crippen LogP contribution < -0.4 is 11.1 Å². The van der Waals surface area contributed by atoms with Crippen molar-refractivity contribution < 1.29 is 25.3 Å². The maximum absolute atomic E-state index is 12.2. The number of nitrogens with two attached hydrogens (primary N) is 1. The van der Waals surface area contributed by atoms with Crippen LogP contribution in [0, 0.1) is 0 Å². The molecular weight excluding hydrogens is 324 g/mol. The second-order valence-electron chi connectivity index (χ2n) is 5.57. The SMILES string of the molecule is N[C@@H](Cc1ccc(O)cc1)C(=O)N[C@@H](Cc1ccccc1)C(=O)O.O. The zero-order valence-corrected chi connectivity index (χ0v) is 13.6. The lowest BCUT2D eigenvalue weighted by molar-refractivity contribution is -0.141. The highest BCUT2D eigenvalue weighted by Gasteiger charge is 2.23. The van der Waals surface area contributed by atoms with Gasteiger partial charge in [0.25, 0.3) is 0 Å². The van der Waals surface area contributed by atoms with Crippen molar-refractivity contribution >= 4 is 11.9 Å². The van der Waals surface area contributed by atoms with Gasteiger partial charge in [-0.1, -0.05) is 42.5 Å². The molecule has 1 amide bonds. The van der Waals surface area contributed by atoms with E-state index in [1.807, 2.05) is 18.2 Å². The van der Waals surface area contributed by atoms with Crippen molar-refractivity contribution in [2.45, 2.75) is 24.9 Å². The van der Waals surface area contributed by atoms with E-state index in [0.29, 0.717) is 0 Å². The Morgan fingerprint density at radius 1 is 0.960 bits per heavy atom. The van der Waals surface area contributed by atoms with Crippen LogP contribution in [0.4, 0.5) is 0 Å². The molecule has 25 heavy (non-hydrogen) atoms. The number of hydrogen-bond acceptors (Lipinski definition) is 4. The second kappa shape index (κ2) is 9.41. The van der Waals surface area contributed by atoms with Crippen LogP contribution in [0.3, 0.4) is 0 Å². The number of rotatable bonds is 7. The van der Waals surface area contributed by atoms with E-state index in [0.717, 1.165) is 11.1 Å². The highest BCUT2D eigenvalue weighted by Crippen LogP contribution is 2.11. The van der Waals surface area contributed by atoms with Crippen LogP contribution in [0.2, 0.25) is 0 Å². The highest BCUT2D eigenvalue weighted by atomic mass is 16.4. The molecule has 134 valence electrons. The molecule has 2 atom stereocenters. The highest BCUT2D eigenvalue weighted by molar-refractivity contribution is 5.87. The maximum Gasteiger partial charge on any atom is 0.326 e. The van der Waals surface area contributed by atoms with E-state index in [-0.39, 0.29) is 24.1 Å². The molecule has 0 spiro atoms. The van der Waals surface area contributed by atoms with Crippen molar-refractivity contribution in [3.63, 3.8) is 0 Å². The summed E-state index contributed by atoms with van der Waals surface area (Å²) in [6, 6.07) is 13.5. The Morgan fingerprint density at radius 2 is 1.52 bits per heavy atom. The summed E-state index contributed by atoms with van der Waals surface area (Å²) in [5, 5.41) is 21.0. The van der Waals surface area contributed by atoms with Gasteiger partial charge in [-0.05, 0) is 29.7 Å². The number of phenolic OH excluding ortho intramolecular Hbond substituents is 1. The van der Waals surface area contributed by atoms with Gasteiger partial charge < -0.3 is 26.7 Å². The molecule has 2 aromatic carbocycles. The first-order chi connectivity index (χ1) is 11.5. The van der Waals surface area contributed by atoms with E-state index in [1.165, 1.54) is 12.1 Å². The Labute approximate surface area is 145 Å². The summed E-state index contributed by atoms with van der Waals surface area (Å²) in [6.45, 7) is 0. The summed E-state index contributed by atoms with van der Waals surface area (Å²) in [7, 11) is 0. The fourth-order valence-electron chi connectivity index (χ4n) is 2.31. The fraction of sp³-hybridized carbons (Fsp3) is 0.222. The minimum absolute atomic E-state index is 0. The molecule has 0 heterocycles. The Balaban J connectivity index is 0.00000312. The van der Waals surface area contributed by atoms with Crippen molar-refractivity contribution in [2.75, 3.05) is 0 Å². The first-order valence-corrected chi connectivity index (χ1v) is 7.56. The second-order valence-corrected chi connectivity index (χ2v) is 5.57. The third kappa shape index (κ3) is 6.25. The molecule has 2 rings (SSSR count). The van der Waals surface area contributed by atoms with E-state index in [1.54, 1.807) is 24.3 Å². The number of aliphatic carboxylic acids is 1. The molecule has 0 unspecified atom stereocenters. The number of amides is 1. The molecule has 0 aliphatic carbocycles. The van der Waals surface area contributed by atoms with Gasteiger partial charge in [0.15, 0.2) is 0 Å². The third-order valence-corrected chi connectivity index (χ3v) is 3.63. The first kappa shape index (κ1) is 20.1. The number of hydrogen-bond donors (Lipinski definition) is 4. The summed E-state index contributed by atoms with van der Waals surface area (Å²) in [5.74, 6) is -1.50. The molecule has 7 nitrogen and oxygen atoms in total. The van der Waals surface area contributed by atoms with E-state index < -0.39 is 24.0 Å². The van der Waals surface area contributed by atoms with Gasteiger partial charge in [0.05, 0.1) is 6.04 Å². The van der Waals surface area contributed by atoms with Crippen molar-refractivity contribution in [1.29, 1.82) is 0 Å². The molecule has 0 fully saturated rings. The van der Waals surface area contributed by atoms with Gasteiger partial charge in [0.1, 0.15) is 11.8 Å². The van der Waals surface area contributed by atoms with E-state index >= 15 is 0 Å². The van der Waals surface area contributed by atoms with Crippen LogP contribution in [-0.4, -0.2) is 39.6 Å². The summed E-state index contributed by atoms with van der Waals surface area (Å²) in [5.41, 5.74) is 7.46. The molecule has 7 N–H and O–H groups in total. The van der Waals surface area contributed by atoms with E-state index in [4.69, 9.17) is 5.73 Å². The third-order valence-electron chi connectivity index (χ3n) is 3.63. The molecule has 2 aromatic rings. The van der Waals surface area contributed by atoms with Crippen molar-refractivity contribution in [3.8, 4) is 5.75 Å². The van der Waals surface area contributed by atoms with E-state index in [2.05, 4.69) is 5.32 Å². The van der Waals surface area contributed by atoms with Crippen LogP contribution in [0.5, 0.6) is 5.75 Å². The predicted molar refractivity (Wildman–Crippen MR) is 93.1 cm³/mol. The van der Waals surface area contributed by atoms with Gasteiger partial charge in [-0.2, -0.15) is 0 Å². The summed E-state index contributed by atoms with van der Waals surface area (Å²) in [6.07, 6.45) is 0.442. The quantitative estimate of drug-likeness (QED) is 0.568. The number of phenols is 1. The molecule has 0 aliphatic heterocycles. The zero-order chi connectivity index (χ0) is 17.5. The van der Waals surface area contributed by atoms with Gasteiger partial charge in [-0.25, -0.2) is 4.79 Å². The average Bonchev–Trinajstić information content (AvgIpc) is 2.57. The predicted octanol–water partition coefficient (Wildman–Crippen LogP) is 0.249. The molecule has 0 aliphatic rings. The number of carbonyl (C=O) groups excluding carboxylic acids is 1. The zero-order valence-electron chi connectivity index (χ0n) is 13.6. The molecule has 0 saturated heterocycles. The average molecular weight is 346 g/mol. The lowest BCUT2D eigenvalue weighted by atomic mass is 10.0. The van der Waals surface area contributed by atoms with Crippen molar-refractivity contribution in [1.82, 2.24) is 5.32 Å². The van der Waals surface area contributed by atoms with Crippen LogP contribution in [0.25, 0.3) is 0 Å². The van der Waals surface area contributed by atoms with Gasteiger partial charge in [-0.15, -0.1) is 0 Å². The minimum Gasteiger partial charge on any atom is -0.508 e. The maximum atomic E-state index is 12.2. The summed E-state index contributed by atoms with van der Waals surface area (Å²) < 4.78 is 0. The van der Waals surface area contributed by atoms with E-state index in [9.17, 15) is 19.8 Å². The van der Waals surface area contributed by atoms with Gasteiger partial charge in [0.2, 0.25) is 5.91 Å². The Bertz CT molecular complexity index is 688. The number of aromatic hydroxyl groups is 1. The van der Waals surface area contributed by atoms with Crippen molar-refractivity contribution in [2.24, 2.45) is 5.73 Å². The lowest BCUT2D eigenvalue weighted by Crippen LogP contribution is -2.50. The monoisotopic (exact) mass is 346 g/mol. The summed E-state index contributed by atoms with van der Waals surface area (Å²) in [4.78, 5) is 23.5. The van der Waals surface area contributed by atoms with Crippen molar-refractivity contribution in [3.05, 3.63) is 65.7 Å². The van der Waals surface area contributed by atoms with Gasteiger partial charge in [-0.3, -0.25) is 4.79 Å². The van der Waals surface area contributed by atoms with Crippen LogP contribution >= 0.6 is 0 Å². The lowest BCUT2D eigenvalue weighted by Gasteiger charge is -2.18. The fourth-order valence-corrected chi connectivity index (χ4v) is 2.31. The van der Waals surface area contributed by atoms with Gasteiger partial charge >= 0.3 is 5.97 Å². The number of carboxylic acids is 1. The largest absolute Gasteiger partial charge is 0.508 e. The Hall–Kier alpha value is -2.90.